The van der Waals surface area contributed by atoms with Crippen molar-refractivity contribution in [3.8, 4) is 0 Å². The van der Waals surface area contributed by atoms with E-state index in [9.17, 15) is 0 Å². The summed E-state index contributed by atoms with van der Waals surface area (Å²) < 4.78 is 1.80. The third-order valence-electron chi connectivity index (χ3n) is 2.20. The number of hydrogen-bond donors (Lipinski definition) is 1. The molecule has 0 fully saturated rings. The Kier molecular flexibility index (Phi) is 3.46. The summed E-state index contributed by atoms with van der Waals surface area (Å²) in [5.74, 6) is 0. The molecule has 16 heavy (non-hydrogen) atoms. The summed E-state index contributed by atoms with van der Waals surface area (Å²) >= 11 is 1.64. The predicted octanol–water partition coefficient (Wildman–Crippen LogP) is 2.15. The van der Waals surface area contributed by atoms with E-state index in [1.807, 2.05) is 44.0 Å². The highest BCUT2D eigenvalue weighted by Gasteiger charge is 1.97. The minimum atomic E-state index is 0.772. The molecule has 0 atom stereocenters. The van der Waals surface area contributed by atoms with Crippen LogP contribution in [0.3, 0.4) is 0 Å². The third kappa shape index (κ3) is 2.76. The van der Waals surface area contributed by atoms with Crippen LogP contribution in [-0.2, 0) is 13.6 Å². The molecule has 0 aliphatic carbocycles. The number of aryl methyl sites for hydroxylation is 1. The maximum Gasteiger partial charge on any atom is 0.0958 e. The van der Waals surface area contributed by atoms with Gasteiger partial charge < -0.3 is 5.32 Å². The lowest BCUT2D eigenvalue weighted by Crippen LogP contribution is -1.98. The number of pyridine rings is 1. The number of thioether (sulfide) groups is 1. The minimum Gasteiger partial charge on any atom is -0.380 e. The monoisotopic (exact) mass is 234 g/mol. The van der Waals surface area contributed by atoms with Crippen LogP contribution >= 0.6 is 11.8 Å². The van der Waals surface area contributed by atoms with Gasteiger partial charge in [-0.3, -0.25) is 4.68 Å². The molecular formula is C11H14N4S. The Morgan fingerprint density at radius 3 is 2.81 bits per heavy atom. The molecule has 1 N–H and O–H groups in total. The molecule has 0 aliphatic rings. The molecule has 0 spiro atoms. The van der Waals surface area contributed by atoms with Crippen molar-refractivity contribution in [3.63, 3.8) is 0 Å². The van der Waals surface area contributed by atoms with E-state index in [1.54, 1.807) is 16.4 Å². The van der Waals surface area contributed by atoms with E-state index < -0.39 is 0 Å². The number of nitrogens with one attached hydrogen (secondary N) is 1. The SMILES string of the molecule is CSc1ccc(NCc2cnn(C)c2)cn1. The van der Waals surface area contributed by atoms with Crippen LogP contribution in [0, 0.1) is 0 Å². The standard InChI is InChI=1S/C11H14N4S/c1-15-8-9(6-14-15)5-12-10-3-4-11(16-2)13-7-10/h3-4,6-8,12H,5H2,1-2H3. The number of hydrogen-bond acceptors (Lipinski definition) is 4. The quantitative estimate of drug-likeness (QED) is 0.823. The fraction of sp³-hybridized carbons (Fsp3) is 0.273. The van der Waals surface area contributed by atoms with Gasteiger partial charge in [0.25, 0.3) is 0 Å². The lowest BCUT2D eigenvalue weighted by atomic mass is 10.3. The van der Waals surface area contributed by atoms with Crippen molar-refractivity contribution in [1.82, 2.24) is 14.8 Å². The molecule has 2 aromatic heterocycles. The molecule has 0 amide bonds. The van der Waals surface area contributed by atoms with Gasteiger partial charge in [0.05, 0.1) is 23.1 Å². The van der Waals surface area contributed by atoms with Crippen LogP contribution in [0.2, 0.25) is 0 Å². The average molecular weight is 234 g/mol. The summed E-state index contributed by atoms with van der Waals surface area (Å²) in [6.07, 6.45) is 7.72. The van der Waals surface area contributed by atoms with Crippen LogP contribution in [0.25, 0.3) is 0 Å². The topological polar surface area (TPSA) is 42.7 Å². The second-order valence-electron chi connectivity index (χ2n) is 3.47. The number of anilines is 1. The second-order valence-corrected chi connectivity index (χ2v) is 4.29. The normalized spacial score (nSPS) is 10.4. The van der Waals surface area contributed by atoms with Gasteiger partial charge in [-0.2, -0.15) is 5.10 Å². The highest BCUT2D eigenvalue weighted by atomic mass is 32.2. The van der Waals surface area contributed by atoms with Gasteiger partial charge in [0.1, 0.15) is 0 Å². The molecule has 2 aromatic rings. The molecule has 0 saturated heterocycles. The smallest absolute Gasteiger partial charge is 0.0958 e. The fourth-order valence-corrected chi connectivity index (χ4v) is 1.74. The van der Waals surface area contributed by atoms with Gasteiger partial charge >= 0.3 is 0 Å². The highest BCUT2D eigenvalue weighted by Crippen LogP contribution is 2.14. The van der Waals surface area contributed by atoms with Crippen molar-refractivity contribution in [2.45, 2.75) is 11.6 Å². The predicted molar refractivity (Wildman–Crippen MR) is 66.6 cm³/mol. The molecule has 84 valence electrons. The molecule has 0 aromatic carbocycles. The zero-order chi connectivity index (χ0) is 11.4. The van der Waals surface area contributed by atoms with E-state index in [2.05, 4.69) is 15.4 Å². The Morgan fingerprint density at radius 2 is 2.25 bits per heavy atom. The Morgan fingerprint density at radius 1 is 1.38 bits per heavy atom. The van der Waals surface area contributed by atoms with Crippen molar-refractivity contribution in [1.29, 1.82) is 0 Å². The Bertz CT molecular complexity index is 449. The van der Waals surface area contributed by atoms with Crippen molar-refractivity contribution in [2.24, 2.45) is 7.05 Å². The Hall–Kier alpha value is -1.49. The van der Waals surface area contributed by atoms with Gasteiger partial charge in [-0.1, -0.05) is 0 Å². The molecule has 5 heteroatoms. The molecule has 0 aliphatic heterocycles. The van der Waals surface area contributed by atoms with E-state index in [0.29, 0.717) is 0 Å². The van der Waals surface area contributed by atoms with Crippen LogP contribution in [0.15, 0.2) is 35.7 Å². The molecule has 2 heterocycles. The minimum absolute atomic E-state index is 0.772. The molecule has 0 saturated carbocycles. The average Bonchev–Trinajstić information content (AvgIpc) is 2.73. The summed E-state index contributed by atoms with van der Waals surface area (Å²) in [4.78, 5) is 4.29. The molecule has 0 radical (unpaired) electrons. The van der Waals surface area contributed by atoms with E-state index in [0.717, 1.165) is 22.8 Å². The van der Waals surface area contributed by atoms with E-state index in [4.69, 9.17) is 0 Å². The van der Waals surface area contributed by atoms with E-state index in [1.165, 1.54) is 0 Å². The first-order chi connectivity index (χ1) is 7.78. The maximum atomic E-state index is 4.29. The second kappa shape index (κ2) is 5.03. The van der Waals surface area contributed by atoms with Crippen LogP contribution in [0.1, 0.15) is 5.56 Å². The van der Waals surface area contributed by atoms with Gasteiger partial charge in [-0.25, -0.2) is 4.98 Å². The van der Waals surface area contributed by atoms with Gasteiger partial charge in [-0.15, -0.1) is 11.8 Å². The van der Waals surface area contributed by atoms with Crippen molar-refractivity contribution in [3.05, 3.63) is 36.3 Å². The molecule has 0 bridgehead atoms. The van der Waals surface area contributed by atoms with Gasteiger partial charge in [0.15, 0.2) is 0 Å². The third-order valence-corrected chi connectivity index (χ3v) is 2.86. The lowest BCUT2D eigenvalue weighted by Gasteiger charge is -2.04. The molecule has 0 unspecified atom stereocenters. The summed E-state index contributed by atoms with van der Waals surface area (Å²) in [7, 11) is 1.92. The van der Waals surface area contributed by atoms with E-state index >= 15 is 0 Å². The summed E-state index contributed by atoms with van der Waals surface area (Å²) in [6, 6.07) is 4.05. The first kappa shape index (κ1) is 11.0. The fourth-order valence-electron chi connectivity index (χ4n) is 1.37. The maximum absolute atomic E-state index is 4.29. The van der Waals surface area contributed by atoms with Crippen LogP contribution in [0.4, 0.5) is 5.69 Å². The van der Waals surface area contributed by atoms with Gasteiger partial charge in [0.2, 0.25) is 0 Å². The number of nitrogens with zero attached hydrogens (tertiary/aromatic N) is 3. The largest absolute Gasteiger partial charge is 0.380 e. The van der Waals surface area contributed by atoms with Crippen molar-refractivity contribution >= 4 is 17.4 Å². The van der Waals surface area contributed by atoms with Crippen LogP contribution in [-0.4, -0.2) is 21.0 Å². The molecule has 4 nitrogen and oxygen atoms in total. The van der Waals surface area contributed by atoms with Gasteiger partial charge in [-0.05, 0) is 18.4 Å². The van der Waals surface area contributed by atoms with Crippen LogP contribution < -0.4 is 5.32 Å². The summed E-state index contributed by atoms with van der Waals surface area (Å²) in [6.45, 7) is 0.772. The van der Waals surface area contributed by atoms with Crippen molar-refractivity contribution in [2.75, 3.05) is 11.6 Å². The highest BCUT2D eigenvalue weighted by molar-refractivity contribution is 7.98. The Balaban J connectivity index is 1.94. The van der Waals surface area contributed by atoms with Gasteiger partial charge in [0, 0.05) is 25.4 Å². The van der Waals surface area contributed by atoms with E-state index in [-0.39, 0.29) is 0 Å². The summed E-state index contributed by atoms with van der Waals surface area (Å²) in [5.41, 5.74) is 2.19. The lowest BCUT2D eigenvalue weighted by molar-refractivity contribution is 0.767. The first-order valence-electron chi connectivity index (χ1n) is 4.99. The summed E-state index contributed by atoms with van der Waals surface area (Å²) in [5, 5.41) is 8.45. The van der Waals surface area contributed by atoms with Crippen molar-refractivity contribution < 1.29 is 0 Å². The molecular weight excluding hydrogens is 220 g/mol. The number of aromatic nitrogens is 3. The zero-order valence-corrected chi connectivity index (χ0v) is 10.2. The van der Waals surface area contributed by atoms with Crippen LogP contribution in [0.5, 0.6) is 0 Å². The molecule has 2 rings (SSSR count). The first-order valence-corrected chi connectivity index (χ1v) is 6.22. The zero-order valence-electron chi connectivity index (χ0n) is 9.34. The number of rotatable bonds is 4. The Labute approximate surface area is 99.1 Å².